The van der Waals surface area contributed by atoms with Crippen LogP contribution in [-0.4, -0.2) is 32.8 Å². The van der Waals surface area contributed by atoms with Gasteiger partial charge in [0.1, 0.15) is 12.6 Å². The van der Waals surface area contributed by atoms with Crippen LogP contribution < -0.4 is 10.9 Å². The number of nitrogens with zero attached hydrogens (tertiary/aromatic N) is 2. The van der Waals surface area contributed by atoms with Gasteiger partial charge in [-0.15, -0.1) is 0 Å². The number of aromatic nitrogens is 2. The van der Waals surface area contributed by atoms with Gasteiger partial charge in [0.2, 0.25) is 5.91 Å². The van der Waals surface area contributed by atoms with Crippen LogP contribution in [-0.2, 0) is 16.1 Å². The van der Waals surface area contributed by atoms with Crippen LogP contribution in [0.1, 0.15) is 12.8 Å². The lowest BCUT2D eigenvalue weighted by Gasteiger charge is -2.14. The number of carboxylic acid groups (broad SMARTS) is 1. The normalized spacial score (nSPS) is 14.8. The van der Waals surface area contributed by atoms with E-state index in [-0.39, 0.29) is 12.5 Å². The number of benzene rings is 1. The van der Waals surface area contributed by atoms with Crippen LogP contribution in [0.4, 0.5) is 0 Å². The summed E-state index contributed by atoms with van der Waals surface area (Å²) in [5, 5.41) is 15.8. The van der Waals surface area contributed by atoms with Gasteiger partial charge in [-0.1, -0.05) is 30.3 Å². The van der Waals surface area contributed by atoms with Gasteiger partial charge in [0, 0.05) is 11.6 Å². The van der Waals surface area contributed by atoms with E-state index in [9.17, 15) is 14.4 Å². The molecule has 1 unspecified atom stereocenters. The second kappa shape index (κ2) is 6.66. The van der Waals surface area contributed by atoms with Gasteiger partial charge in [0.05, 0.1) is 5.69 Å². The fourth-order valence-electron chi connectivity index (χ4n) is 2.49. The Hall–Kier alpha value is -2.96. The Labute approximate surface area is 137 Å². The molecule has 0 bridgehead atoms. The minimum absolute atomic E-state index is 0.0215. The number of aliphatic carboxylic acids is 1. The zero-order chi connectivity index (χ0) is 17.1. The molecule has 0 saturated heterocycles. The minimum atomic E-state index is -1.05. The summed E-state index contributed by atoms with van der Waals surface area (Å²) in [4.78, 5) is 35.2. The SMILES string of the molecule is O=C(Cn1nc(-c2ccccc2)ccc1=O)NC(C(=O)O)C1CC1. The topological polar surface area (TPSA) is 101 Å². The first-order valence-electron chi connectivity index (χ1n) is 7.70. The fraction of sp³-hybridized carbons (Fsp3) is 0.294. The van der Waals surface area contributed by atoms with E-state index >= 15 is 0 Å². The summed E-state index contributed by atoms with van der Waals surface area (Å²) in [7, 11) is 0. The summed E-state index contributed by atoms with van der Waals surface area (Å²) in [6.45, 7) is -0.310. The smallest absolute Gasteiger partial charge is 0.326 e. The van der Waals surface area contributed by atoms with Gasteiger partial charge in [0.25, 0.3) is 5.56 Å². The van der Waals surface area contributed by atoms with Crippen molar-refractivity contribution in [2.45, 2.75) is 25.4 Å². The Balaban J connectivity index is 1.75. The van der Waals surface area contributed by atoms with E-state index in [4.69, 9.17) is 5.11 Å². The van der Waals surface area contributed by atoms with Crippen molar-refractivity contribution in [3.8, 4) is 11.3 Å². The van der Waals surface area contributed by atoms with Gasteiger partial charge in [0.15, 0.2) is 0 Å². The predicted molar refractivity (Wildman–Crippen MR) is 86.2 cm³/mol. The summed E-state index contributed by atoms with van der Waals surface area (Å²) in [6.07, 6.45) is 1.58. The van der Waals surface area contributed by atoms with E-state index in [0.29, 0.717) is 5.69 Å². The molecule has 0 spiro atoms. The Bertz CT molecular complexity index is 812. The maximum Gasteiger partial charge on any atom is 0.326 e. The average molecular weight is 327 g/mol. The summed E-state index contributed by atoms with van der Waals surface area (Å²) in [6, 6.07) is 11.3. The monoisotopic (exact) mass is 327 g/mol. The van der Waals surface area contributed by atoms with Crippen molar-refractivity contribution in [3.05, 3.63) is 52.8 Å². The molecule has 24 heavy (non-hydrogen) atoms. The number of amides is 1. The van der Waals surface area contributed by atoms with Gasteiger partial charge < -0.3 is 10.4 Å². The van der Waals surface area contributed by atoms with Crippen molar-refractivity contribution in [3.63, 3.8) is 0 Å². The molecule has 1 fully saturated rings. The first kappa shape index (κ1) is 15.9. The summed E-state index contributed by atoms with van der Waals surface area (Å²) < 4.78 is 1.05. The van der Waals surface area contributed by atoms with Crippen LogP contribution in [0.5, 0.6) is 0 Å². The summed E-state index contributed by atoms with van der Waals surface area (Å²) in [5.74, 6) is -1.61. The van der Waals surface area contributed by atoms with Crippen LogP contribution in [0.25, 0.3) is 11.3 Å². The first-order chi connectivity index (χ1) is 11.5. The Morgan fingerprint density at radius 1 is 1.21 bits per heavy atom. The number of hydrogen-bond acceptors (Lipinski definition) is 4. The molecule has 3 rings (SSSR count). The molecule has 1 atom stereocenters. The van der Waals surface area contributed by atoms with Crippen molar-refractivity contribution in [2.24, 2.45) is 5.92 Å². The van der Waals surface area contributed by atoms with Crippen molar-refractivity contribution >= 4 is 11.9 Å². The zero-order valence-electron chi connectivity index (χ0n) is 12.9. The van der Waals surface area contributed by atoms with Crippen LogP contribution in [0, 0.1) is 5.92 Å². The third kappa shape index (κ3) is 3.68. The molecule has 2 N–H and O–H groups in total. The van der Waals surface area contributed by atoms with Gasteiger partial charge in [-0.3, -0.25) is 9.59 Å². The number of carboxylic acids is 1. The summed E-state index contributed by atoms with van der Waals surface area (Å²) in [5.41, 5.74) is 0.983. The number of nitrogens with one attached hydrogen (secondary N) is 1. The number of carbonyl (C=O) groups excluding carboxylic acids is 1. The predicted octanol–water partition coefficient (Wildman–Crippen LogP) is 0.890. The van der Waals surface area contributed by atoms with Crippen LogP contribution in [0.3, 0.4) is 0 Å². The molecule has 2 aromatic rings. The number of hydrogen-bond donors (Lipinski definition) is 2. The lowest BCUT2D eigenvalue weighted by atomic mass is 10.1. The highest BCUT2D eigenvalue weighted by atomic mass is 16.4. The lowest BCUT2D eigenvalue weighted by Crippen LogP contribution is -2.44. The summed E-state index contributed by atoms with van der Waals surface area (Å²) >= 11 is 0. The maximum absolute atomic E-state index is 12.1. The molecule has 1 aliphatic carbocycles. The molecular weight excluding hydrogens is 310 g/mol. The van der Waals surface area contributed by atoms with E-state index in [0.717, 1.165) is 23.1 Å². The quantitative estimate of drug-likeness (QED) is 0.820. The standard InChI is InChI=1S/C17H17N3O4/c21-14(18-16(17(23)24)12-6-7-12)10-20-15(22)9-8-13(19-20)11-4-2-1-3-5-11/h1-5,8-9,12,16H,6-7,10H2,(H,18,21)(H,23,24). The van der Waals surface area contributed by atoms with Gasteiger partial charge in [-0.2, -0.15) is 5.10 Å². The Morgan fingerprint density at radius 2 is 1.92 bits per heavy atom. The van der Waals surface area contributed by atoms with Crippen molar-refractivity contribution in [1.29, 1.82) is 0 Å². The second-order valence-electron chi connectivity index (χ2n) is 5.80. The first-order valence-corrected chi connectivity index (χ1v) is 7.70. The molecule has 124 valence electrons. The van der Waals surface area contributed by atoms with E-state index in [1.165, 1.54) is 6.07 Å². The Morgan fingerprint density at radius 3 is 2.54 bits per heavy atom. The molecule has 1 aromatic carbocycles. The van der Waals surface area contributed by atoms with Gasteiger partial charge >= 0.3 is 5.97 Å². The van der Waals surface area contributed by atoms with Crippen LogP contribution in [0.2, 0.25) is 0 Å². The van der Waals surface area contributed by atoms with Crippen LogP contribution in [0.15, 0.2) is 47.3 Å². The highest BCUT2D eigenvalue weighted by Crippen LogP contribution is 2.32. The second-order valence-corrected chi connectivity index (χ2v) is 5.80. The molecule has 1 amide bonds. The molecular formula is C17H17N3O4. The maximum atomic E-state index is 12.1. The van der Waals surface area contributed by atoms with Gasteiger partial charge in [-0.25, -0.2) is 9.48 Å². The van der Waals surface area contributed by atoms with Crippen molar-refractivity contribution < 1.29 is 14.7 Å². The Kier molecular flexibility index (Phi) is 4.41. The molecule has 0 aliphatic heterocycles. The third-order valence-corrected chi connectivity index (χ3v) is 3.91. The number of carbonyl (C=O) groups is 2. The van der Waals surface area contributed by atoms with E-state index in [1.807, 2.05) is 30.3 Å². The molecule has 1 heterocycles. The average Bonchev–Trinajstić information content (AvgIpc) is 3.40. The number of rotatable bonds is 6. The van der Waals surface area contributed by atoms with Crippen molar-refractivity contribution in [1.82, 2.24) is 15.1 Å². The molecule has 1 aliphatic rings. The van der Waals surface area contributed by atoms with Crippen LogP contribution >= 0.6 is 0 Å². The lowest BCUT2D eigenvalue weighted by molar-refractivity contribution is -0.142. The molecule has 7 nitrogen and oxygen atoms in total. The molecule has 1 saturated carbocycles. The van der Waals surface area contributed by atoms with E-state index in [2.05, 4.69) is 10.4 Å². The molecule has 7 heteroatoms. The minimum Gasteiger partial charge on any atom is -0.480 e. The van der Waals surface area contributed by atoms with Crippen molar-refractivity contribution in [2.75, 3.05) is 0 Å². The highest BCUT2D eigenvalue weighted by molar-refractivity contribution is 5.83. The fourth-order valence-corrected chi connectivity index (χ4v) is 2.49. The zero-order valence-corrected chi connectivity index (χ0v) is 12.9. The molecule has 0 radical (unpaired) electrons. The van der Waals surface area contributed by atoms with E-state index in [1.54, 1.807) is 6.07 Å². The third-order valence-electron chi connectivity index (χ3n) is 3.91. The highest BCUT2D eigenvalue weighted by Gasteiger charge is 2.37. The largest absolute Gasteiger partial charge is 0.480 e. The van der Waals surface area contributed by atoms with Gasteiger partial charge in [-0.05, 0) is 24.8 Å². The molecule has 1 aromatic heterocycles. The van der Waals surface area contributed by atoms with E-state index < -0.39 is 23.5 Å².